The average molecular weight is 295 g/mol. The van der Waals surface area contributed by atoms with Crippen molar-refractivity contribution < 1.29 is 0 Å². The summed E-state index contributed by atoms with van der Waals surface area (Å²) in [7, 11) is 0. The van der Waals surface area contributed by atoms with Gasteiger partial charge in [0.05, 0.1) is 25.9 Å². The van der Waals surface area contributed by atoms with E-state index in [0.717, 1.165) is 25.8 Å². The molecule has 2 aromatic carbocycles. The number of hydrogen-bond donors (Lipinski definition) is 1. The van der Waals surface area contributed by atoms with Crippen LogP contribution in [0.1, 0.15) is 0 Å². The minimum absolute atomic E-state index is 0.540. The lowest BCUT2D eigenvalue weighted by Gasteiger charge is -1.99. The summed E-state index contributed by atoms with van der Waals surface area (Å²) >= 11 is 13.7. The van der Waals surface area contributed by atoms with Crippen LogP contribution in [0, 0.1) is 0 Å². The Morgan fingerprint density at radius 1 is 1.06 bits per heavy atom. The first-order valence-electron chi connectivity index (χ1n) is 5.25. The lowest BCUT2D eigenvalue weighted by Crippen LogP contribution is -1.86. The number of thiazole rings is 1. The first-order chi connectivity index (χ1) is 8.65. The van der Waals surface area contributed by atoms with Crippen molar-refractivity contribution in [1.82, 2.24) is 4.98 Å². The number of aromatic nitrogens is 1. The van der Waals surface area contributed by atoms with Crippen molar-refractivity contribution in [1.29, 1.82) is 0 Å². The van der Waals surface area contributed by atoms with Crippen molar-refractivity contribution in [3.8, 4) is 10.6 Å². The number of nitrogens with two attached hydrogens (primary N) is 1. The normalized spacial score (nSPS) is 11.0. The molecule has 1 aromatic heterocycles. The number of hydrogen-bond acceptors (Lipinski definition) is 3. The van der Waals surface area contributed by atoms with Crippen LogP contribution in [0.3, 0.4) is 0 Å². The standard InChI is InChI=1S/C13H8Cl2N2S/c14-8-2-1-3-11-12(8)18-13(17-11)7-4-5-10(16)9(15)6-7/h1-6H,16H2. The summed E-state index contributed by atoms with van der Waals surface area (Å²) in [5.74, 6) is 0. The fourth-order valence-electron chi connectivity index (χ4n) is 1.70. The number of nitrogens with zero attached hydrogens (tertiary/aromatic N) is 1. The number of rotatable bonds is 1. The highest BCUT2D eigenvalue weighted by Gasteiger charge is 2.09. The maximum absolute atomic E-state index is 6.14. The number of nitrogen functional groups attached to an aromatic ring is 1. The molecule has 0 spiro atoms. The molecular formula is C13H8Cl2N2S. The zero-order valence-corrected chi connectivity index (χ0v) is 11.5. The molecule has 0 aliphatic carbocycles. The summed E-state index contributed by atoms with van der Waals surface area (Å²) in [5, 5.41) is 2.15. The molecule has 18 heavy (non-hydrogen) atoms. The SMILES string of the molecule is Nc1ccc(-c2nc3cccc(Cl)c3s2)cc1Cl. The first kappa shape index (κ1) is 11.8. The van der Waals surface area contributed by atoms with E-state index in [2.05, 4.69) is 4.98 Å². The van der Waals surface area contributed by atoms with Gasteiger partial charge in [0.2, 0.25) is 0 Å². The molecule has 2 N–H and O–H groups in total. The summed E-state index contributed by atoms with van der Waals surface area (Å²) in [6.45, 7) is 0. The second kappa shape index (κ2) is 4.43. The van der Waals surface area contributed by atoms with E-state index in [0.29, 0.717) is 10.7 Å². The third-order valence-electron chi connectivity index (χ3n) is 2.61. The molecule has 3 rings (SSSR count). The van der Waals surface area contributed by atoms with Crippen LogP contribution < -0.4 is 5.73 Å². The van der Waals surface area contributed by atoms with Gasteiger partial charge in [0.15, 0.2) is 0 Å². The maximum atomic E-state index is 6.14. The van der Waals surface area contributed by atoms with Gasteiger partial charge in [0.25, 0.3) is 0 Å². The minimum Gasteiger partial charge on any atom is -0.398 e. The van der Waals surface area contributed by atoms with Crippen LogP contribution in [-0.4, -0.2) is 4.98 Å². The molecule has 0 unspecified atom stereocenters. The van der Waals surface area contributed by atoms with E-state index in [9.17, 15) is 0 Å². The number of halogens is 2. The minimum atomic E-state index is 0.540. The fraction of sp³-hybridized carbons (Fsp3) is 0. The van der Waals surface area contributed by atoms with Crippen LogP contribution in [0.4, 0.5) is 5.69 Å². The van der Waals surface area contributed by atoms with Crippen LogP contribution in [0.5, 0.6) is 0 Å². The monoisotopic (exact) mass is 294 g/mol. The van der Waals surface area contributed by atoms with Gasteiger partial charge < -0.3 is 5.73 Å². The van der Waals surface area contributed by atoms with Gasteiger partial charge in [0, 0.05) is 5.56 Å². The Morgan fingerprint density at radius 3 is 2.61 bits per heavy atom. The highest BCUT2D eigenvalue weighted by molar-refractivity contribution is 7.22. The average Bonchev–Trinajstić information content (AvgIpc) is 2.78. The maximum Gasteiger partial charge on any atom is 0.124 e. The summed E-state index contributed by atoms with van der Waals surface area (Å²) in [6.07, 6.45) is 0. The van der Waals surface area contributed by atoms with Gasteiger partial charge >= 0.3 is 0 Å². The fourth-order valence-corrected chi connectivity index (χ4v) is 3.13. The van der Waals surface area contributed by atoms with Crippen LogP contribution >= 0.6 is 34.5 Å². The molecule has 0 radical (unpaired) electrons. The molecule has 0 aliphatic rings. The third-order valence-corrected chi connectivity index (χ3v) is 4.52. The van der Waals surface area contributed by atoms with Gasteiger partial charge in [-0.25, -0.2) is 4.98 Å². The van der Waals surface area contributed by atoms with Gasteiger partial charge in [-0.3, -0.25) is 0 Å². The van der Waals surface area contributed by atoms with Crippen LogP contribution in [0.2, 0.25) is 10.0 Å². The predicted octanol–water partition coefficient (Wildman–Crippen LogP) is 4.85. The molecule has 0 saturated heterocycles. The van der Waals surface area contributed by atoms with Crippen LogP contribution in [0.25, 0.3) is 20.8 Å². The zero-order valence-electron chi connectivity index (χ0n) is 9.15. The molecule has 1 heterocycles. The molecule has 90 valence electrons. The predicted molar refractivity (Wildman–Crippen MR) is 79.5 cm³/mol. The van der Waals surface area contributed by atoms with Crippen molar-refractivity contribution in [2.24, 2.45) is 0 Å². The molecule has 0 saturated carbocycles. The zero-order chi connectivity index (χ0) is 12.7. The van der Waals surface area contributed by atoms with Crippen molar-refractivity contribution in [2.45, 2.75) is 0 Å². The Bertz CT molecular complexity index is 737. The molecule has 0 fully saturated rings. The largest absolute Gasteiger partial charge is 0.398 e. The summed E-state index contributed by atoms with van der Waals surface area (Å²) < 4.78 is 0.988. The highest BCUT2D eigenvalue weighted by atomic mass is 35.5. The van der Waals surface area contributed by atoms with E-state index in [1.54, 1.807) is 17.4 Å². The van der Waals surface area contributed by atoms with Crippen LogP contribution in [-0.2, 0) is 0 Å². The first-order valence-corrected chi connectivity index (χ1v) is 6.83. The van der Waals surface area contributed by atoms with Gasteiger partial charge in [-0.2, -0.15) is 0 Å². The quantitative estimate of drug-likeness (QED) is 0.652. The summed E-state index contributed by atoms with van der Waals surface area (Å²) in [5.41, 5.74) is 8.11. The highest BCUT2D eigenvalue weighted by Crippen LogP contribution is 2.35. The topological polar surface area (TPSA) is 38.9 Å². The number of anilines is 1. The van der Waals surface area contributed by atoms with Crippen molar-refractivity contribution in [2.75, 3.05) is 5.73 Å². The molecule has 0 aliphatic heterocycles. The molecule has 5 heteroatoms. The Balaban J connectivity index is 2.19. The second-order valence-electron chi connectivity index (χ2n) is 3.84. The Labute approximate surface area is 118 Å². The molecule has 3 aromatic rings. The van der Waals surface area contributed by atoms with Crippen LogP contribution in [0.15, 0.2) is 36.4 Å². The molecular weight excluding hydrogens is 287 g/mol. The van der Waals surface area contributed by atoms with Gasteiger partial charge in [-0.1, -0.05) is 29.3 Å². The second-order valence-corrected chi connectivity index (χ2v) is 5.66. The van der Waals surface area contributed by atoms with E-state index >= 15 is 0 Å². The lowest BCUT2D eigenvalue weighted by atomic mass is 10.2. The van der Waals surface area contributed by atoms with E-state index < -0.39 is 0 Å². The van der Waals surface area contributed by atoms with E-state index in [4.69, 9.17) is 28.9 Å². The Morgan fingerprint density at radius 2 is 1.89 bits per heavy atom. The molecule has 0 atom stereocenters. The van der Waals surface area contributed by atoms with E-state index in [-0.39, 0.29) is 0 Å². The third kappa shape index (κ3) is 1.94. The lowest BCUT2D eigenvalue weighted by molar-refractivity contribution is 1.48. The summed E-state index contributed by atoms with van der Waals surface area (Å²) in [4.78, 5) is 4.55. The Kier molecular flexibility index (Phi) is 2.90. The number of benzene rings is 2. The molecule has 2 nitrogen and oxygen atoms in total. The Hall–Kier alpha value is -1.29. The van der Waals surface area contributed by atoms with Crippen molar-refractivity contribution >= 4 is 50.4 Å². The van der Waals surface area contributed by atoms with E-state index in [1.807, 2.05) is 30.3 Å². The molecule has 0 amide bonds. The van der Waals surface area contributed by atoms with E-state index in [1.165, 1.54) is 0 Å². The van der Waals surface area contributed by atoms with Gasteiger partial charge in [-0.15, -0.1) is 11.3 Å². The van der Waals surface area contributed by atoms with Crippen molar-refractivity contribution in [3.05, 3.63) is 46.4 Å². The van der Waals surface area contributed by atoms with Gasteiger partial charge in [0.1, 0.15) is 5.01 Å². The summed E-state index contributed by atoms with van der Waals surface area (Å²) in [6, 6.07) is 11.2. The molecule has 0 bridgehead atoms. The smallest absolute Gasteiger partial charge is 0.124 e. The van der Waals surface area contributed by atoms with Crippen molar-refractivity contribution in [3.63, 3.8) is 0 Å². The number of fused-ring (bicyclic) bond motifs is 1. The van der Waals surface area contributed by atoms with Gasteiger partial charge in [-0.05, 0) is 30.3 Å².